The van der Waals surface area contributed by atoms with Crippen molar-refractivity contribution in [2.24, 2.45) is 0 Å². The van der Waals surface area contributed by atoms with Crippen molar-refractivity contribution < 1.29 is 0 Å². The Kier molecular flexibility index (Phi) is 2.90. The Morgan fingerprint density at radius 3 is 2.78 bits per heavy atom. The van der Waals surface area contributed by atoms with E-state index in [1.165, 1.54) is 41.3 Å². The van der Waals surface area contributed by atoms with Gasteiger partial charge in [0.25, 0.3) is 0 Å². The first kappa shape index (κ1) is 11.8. The fraction of sp³-hybridized carbons (Fsp3) is 0.500. The lowest BCUT2D eigenvalue weighted by Gasteiger charge is -2.18. The van der Waals surface area contributed by atoms with Gasteiger partial charge in [-0.05, 0) is 63.4 Å². The summed E-state index contributed by atoms with van der Waals surface area (Å²) in [6.07, 6.45) is 6.18. The normalized spacial score (nSPS) is 24.2. The van der Waals surface area contributed by atoms with Crippen LogP contribution in [0, 0.1) is 6.92 Å². The maximum Gasteiger partial charge on any atom is 0.0459 e. The molecule has 18 heavy (non-hydrogen) atoms. The van der Waals surface area contributed by atoms with E-state index in [1.54, 1.807) is 0 Å². The molecule has 1 aliphatic rings. The second-order valence-corrected chi connectivity index (χ2v) is 5.92. The van der Waals surface area contributed by atoms with Crippen LogP contribution in [0.15, 0.2) is 24.4 Å². The Bertz CT molecular complexity index is 553. The van der Waals surface area contributed by atoms with Crippen molar-refractivity contribution in [3.8, 4) is 0 Å². The van der Waals surface area contributed by atoms with Crippen molar-refractivity contribution in [2.45, 2.75) is 38.1 Å². The van der Waals surface area contributed by atoms with Crippen LogP contribution in [0.25, 0.3) is 10.9 Å². The van der Waals surface area contributed by atoms with Gasteiger partial charge in [0.15, 0.2) is 0 Å². The maximum absolute atomic E-state index is 3.44. The number of aryl methyl sites for hydroxylation is 1. The van der Waals surface area contributed by atoms with Gasteiger partial charge in [0.1, 0.15) is 0 Å². The quantitative estimate of drug-likeness (QED) is 0.851. The summed E-state index contributed by atoms with van der Waals surface area (Å²) in [7, 11) is 4.40. The first-order valence-corrected chi connectivity index (χ1v) is 6.89. The van der Waals surface area contributed by atoms with E-state index in [-0.39, 0.29) is 0 Å². The Labute approximate surface area is 109 Å². The van der Waals surface area contributed by atoms with Crippen molar-refractivity contribution in [2.75, 3.05) is 14.1 Å². The highest BCUT2D eigenvalue weighted by molar-refractivity contribution is 5.84. The number of nitrogens with one attached hydrogen (secondary N) is 1. The van der Waals surface area contributed by atoms with E-state index in [2.05, 4.69) is 55.3 Å². The average Bonchev–Trinajstić information content (AvgIpc) is 2.92. The summed E-state index contributed by atoms with van der Waals surface area (Å²) in [5.74, 6) is 0.730. The molecule has 3 rings (SSSR count). The molecule has 2 heteroatoms. The van der Waals surface area contributed by atoms with Crippen LogP contribution >= 0.6 is 0 Å². The lowest BCUT2D eigenvalue weighted by atomic mass is 9.96. The van der Waals surface area contributed by atoms with Gasteiger partial charge in [-0.3, -0.25) is 0 Å². The van der Waals surface area contributed by atoms with Crippen LogP contribution in [-0.4, -0.2) is 30.0 Å². The number of nitrogens with zero attached hydrogens (tertiary/aromatic N) is 1. The summed E-state index contributed by atoms with van der Waals surface area (Å²) in [5, 5.41) is 1.42. The molecule has 1 aromatic heterocycles. The Morgan fingerprint density at radius 2 is 2.06 bits per heavy atom. The van der Waals surface area contributed by atoms with Crippen LogP contribution in [0.3, 0.4) is 0 Å². The molecule has 0 saturated heterocycles. The molecule has 2 atom stereocenters. The Balaban J connectivity index is 1.91. The van der Waals surface area contributed by atoms with E-state index in [0.29, 0.717) is 0 Å². The highest BCUT2D eigenvalue weighted by Gasteiger charge is 2.28. The minimum Gasteiger partial charge on any atom is -0.361 e. The predicted molar refractivity (Wildman–Crippen MR) is 77.1 cm³/mol. The fourth-order valence-corrected chi connectivity index (χ4v) is 3.31. The minimum atomic E-state index is 0.730. The van der Waals surface area contributed by atoms with Crippen LogP contribution < -0.4 is 0 Å². The van der Waals surface area contributed by atoms with Gasteiger partial charge in [-0.15, -0.1) is 0 Å². The van der Waals surface area contributed by atoms with Crippen LogP contribution in [-0.2, 0) is 0 Å². The Hall–Kier alpha value is -1.28. The van der Waals surface area contributed by atoms with Crippen LogP contribution in [0.4, 0.5) is 0 Å². The molecule has 2 nitrogen and oxygen atoms in total. The molecule has 0 radical (unpaired) electrons. The Morgan fingerprint density at radius 1 is 1.22 bits per heavy atom. The molecule has 1 aliphatic carbocycles. The molecular weight excluding hydrogens is 220 g/mol. The molecule has 1 aromatic carbocycles. The third kappa shape index (κ3) is 1.95. The summed E-state index contributed by atoms with van der Waals surface area (Å²) >= 11 is 0. The predicted octanol–water partition coefficient (Wildman–Crippen LogP) is 3.67. The first-order valence-electron chi connectivity index (χ1n) is 6.89. The zero-order valence-corrected chi connectivity index (χ0v) is 11.5. The van der Waals surface area contributed by atoms with Gasteiger partial charge < -0.3 is 9.88 Å². The number of aromatic amines is 1. The molecule has 0 bridgehead atoms. The standard InChI is InChI=1S/C16H22N2/c1-11-4-7-14-15(10-17-16(14)8-11)12-5-6-13(9-12)18(2)3/h4,7-8,10,12-13,17H,5-6,9H2,1-3H3. The van der Waals surface area contributed by atoms with Gasteiger partial charge in [-0.25, -0.2) is 0 Å². The van der Waals surface area contributed by atoms with Crippen molar-refractivity contribution in [3.63, 3.8) is 0 Å². The molecule has 1 N–H and O–H groups in total. The highest BCUT2D eigenvalue weighted by Crippen LogP contribution is 2.39. The van der Waals surface area contributed by atoms with Crippen molar-refractivity contribution in [1.29, 1.82) is 0 Å². The van der Waals surface area contributed by atoms with Crippen molar-refractivity contribution >= 4 is 10.9 Å². The molecule has 1 fully saturated rings. The topological polar surface area (TPSA) is 19.0 Å². The van der Waals surface area contributed by atoms with Gasteiger partial charge in [-0.2, -0.15) is 0 Å². The summed E-state index contributed by atoms with van der Waals surface area (Å²) in [6.45, 7) is 2.15. The maximum atomic E-state index is 3.44. The molecule has 96 valence electrons. The first-order chi connectivity index (χ1) is 8.65. The summed E-state index contributed by atoms with van der Waals surface area (Å²) in [4.78, 5) is 5.81. The van der Waals surface area contributed by atoms with E-state index in [9.17, 15) is 0 Å². The van der Waals surface area contributed by atoms with E-state index >= 15 is 0 Å². The molecule has 2 aromatic rings. The van der Waals surface area contributed by atoms with Crippen molar-refractivity contribution in [1.82, 2.24) is 9.88 Å². The number of H-pyrrole nitrogens is 1. The number of hydrogen-bond acceptors (Lipinski definition) is 1. The summed E-state index contributed by atoms with van der Waals surface area (Å²) < 4.78 is 0. The molecule has 0 spiro atoms. The highest BCUT2D eigenvalue weighted by atomic mass is 15.1. The number of rotatable bonds is 2. The third-order valence-corrected chi connectivity index (χ3v) is 4.44. The molecule has 2 unspecified atom stereocenters. The van der Waals surface area contributed by atoms with Gasteiger partial charge in [0.2, 0.25) is 0 Å². The van der Waals surface area contributed by atoms with E-state index < -0.39 is 0 Å². The summed E-state index contributed by atoms with van der Waals surface area (Å²) in [6, 6.07) is 7.50. The SMILES string of the molecule is Cc1ccc2c(C3CCC(N(C)C)C3)c[nH]c2c1. The number of aromatic nitrogens is 1. The lowest BCUT2D eigenvalue weighted by Crippen LogP contribution is -2.24. The van der Waals surface area contributed by atoms with Gasteiger partial charge in [0, 0.05) is 23.1 Å². The number of fused-ring (bicyclic) bond motifs is 1. The van der Waals surface area contributed by atoms with Crippen LogP contribution in [0.1, 0.15) is 36.3 Å². The van der Waals surface area contributed by atoms with Gasteiger partial charge in [0.05, 0.1) is 0 Å². The van der Waals surface area contributed by atoms with Gasteiger partial charge >= 0.3 is 0 Å². The number of hydrogen-bond donors (Lipinski definition) is 1. The smallest absolute Gasteiger partial charge is 0.0459 e. The molecule has 0 amide bonds. The van der Waals surface area contributed by atoms with E-state index in [0.717, 1.165) is 12.0 Å². The average molecular weight is 242 g/mol. The second kappa shape index (κ2) is 4.43. The zero-order chi connectivity index (χ0) is 12.7. The monoisotopic (exact) mass is 242 g/mol. The molecule has 0 aliphatic heterocycles. The summed E-state index contributed by atoms with van der Waals surface area (Å²) in [5.41, 5.74) is 4.14. The molecular formula is C16H22N2. The van der Waals surface area contributed by atoms with E-state index in [4.69, 9.17) is 0 Å². The van der Waals surface area contributed by atoms with E-state index in [1.807, 2.05) is 0 Å². The minimum absolute atomic E-state index is 0.730. The lowest BCUT2D eigenvalue weighted by molar-refractivity contribution is 0.297. The largest absolute Gasteiger partial charge is 0.361 e. The fourth-order valence-electron chi connectivity index (χ4n) is 3.31. The molecule has 1 heterocycles. The zero-order valence-electron chi connectivity index (χ0n) is 11.5. The van der Waals surface area contributed by atoms with Crippen LogP contribution in [0.2, 0.25) is 0 Å². The van der Waals surface area contributed by atoms with Crippen LogP contribution in [0.5, 0.6) is 0 Å². The third-order valence-electron chi connectivity index (χ3n) is 4.44. The van der Waals surface area contributed by atoms with Crippen molar-refractivity contribution in [3.05, 3.63) is 35.5 Å². The van der Waals surface area contributed by atoms with Gasteiger partial charge in [-0.1, -0.05) is 12.1 Å². The molecule has 1 saturated carbocycles. The second-order valence-electron chi connectivity index (χ2n) is 5.92. The number of benzene rings is 1.